The average molecular weight is 189 g/mol. The van der Waals surface area contributed by atoms with Crippen molar-refractivity contribution in [3.63, 3.8) is 0 Å². The first-order valence-electron chi connectivity index (χ1n) is 4.62. The number of carbonyl (C=O) groups excluding carboxylic acids is 1. The van der Waals surface area contributed by atoms with E-state index in [1.54, 1.807) is 6.92 Å². The highest BCUT2D eigenvalue weighted by molar-refractivity contribution is 6.24. The maximum Gasteiger partial charge on any atom is 0.337 e. The topological polar surface area (TPSA) is 38.7 Å². The fraction of sp³-hybridized carbons (Fsp3) is 0.273. The molecule has 0 saturated heterocycles. The smallest absolute Gasteiger partial charge is 0.337 e. The number of rotatable bonds is 3. The van der Waals surface area contributed by atoms with Crippen molar-refractivity contribution < 1.29 is 9.53 Å². The Morgan fingerprint density at radius 3 is 2.79 bits per heavy atom. The summed E-state index contributed by atoms with van der Waals surface area (Å²) in [7, 11) is 0. The largest absolute Gasteiger partial charge is 0.464 e. The molecular formula is C11H11NO2. The number of ether oxygens (including phenoxy) is 1. The van der Waals surface area contributed by atoms with Gasteiger partial charge in [0, 0.05) is 0 Å². The summed E-state index contributed by atoms with van der Waals surface area (Å²) >= 11 is 0. The maximum absolute atomic E-state index is 11.3. The number of aliphatic imine (C=N–C) groups is 1. The summed E-state index contributed by atoms with van der Waals surface area (Å²) in [6.45, 7) is 2.20. The van der Waals surface area contributed by atoms with E-state index < -0.39 is 0 Å². The molecular weight excluding hydrogens is 178 g/mol. The van der Waals surface area contributed by atoms with Gasteiger partial charge in [0.25, 0.3) is 0 Å². The molecule has 1 aromatic carbocycles. The zero-order valence-corrected chi connectivity index (χ0v) is 7.93. The van der Waals surface area contributed by atoms with Gasteiger partial charge in [-0.3, -0.25) is 4.99 Å². The molecule has 2 rings (SSSR count). The molecule has 0 saturated carbocycles. The van der Waals surface area contributed by atoms with Crippen molar-refractivity contribution in [3.05, 3.63) is 35.9 Å². The Balaban J connectivity index is 1.99. The molecule has 1 aliphatic rings. The van der Waals surface area contributed by atoms with E-state index in [9.17, 15) is 4.79 Å². The fourth-order valence-corrected chi connectivity index (χ4v) is 1.33. The van der Waals surface area contributed by atoms with Gasteiger partial charge in [-0.1, -0.05) is 30.3 Å². The Kier molecular flexibility index (Phi) is 2.31. The quantitative estimate of drug-likeness (QED) is 0.674. The van der Waals surface area contributed by atoms with E-state index in [4.69, 9.17) is 4.74 Å². The number of esters is 1. The summed E-state index contributed by atoms with van der Waals surface area (Å²) < 4.78 is 4.86. The first kappa shape index (κ1) is 8.94. The molecule has 1 aliphatic heterocycles. The molecule has 72 valence electrons. The Morgan fingerprint density at radius 1 is 1.43 bits per heavy atom. The van der Waals surface area contributed by atoms with Crippen LogP contribution in [0, 0.1) is 0 Å². The van der Waals surface area contributed by atoms with E-state index >= 15 is 0 Å². The summed E-state index contributed by atoms with van der Waals surface area (Å²) in [5.74, 6) is -0.244. The molecule has 3 nitrogen and oxygen atoms in total. The molecule has 3 heteroatoms. The molecule has 0 aromatic heterocycles. The lowest BCUT2D eigenvalue weighted by Gasteiger charge is -1.98. The number of hydrogen-bond acceptors (Lipinski definition) is 3. The zero-order chi connectivity index (χ0) is 9.97. The normalized spacial score (nSPS) is 18.6. The molecule has 0 amide bonds. The van der Waals surface area contributed by atoms with Crippen LogP contribution < -0.4 is 0 Å². The van der Waals surface area contributed by atoms with Crippen LogP contribution in [-0.2, 0) is 9.53 Å². The third-order valence-electron chi connectivity index (χ3n) is 2.04. The SMILES string of the molecule is CCOC(=O)C1N=C1c1ccccc1. The second-order valence-electron chi connectivity index (χ2n) is 3.03. The first-order chi connectivity index (χ1) is 6.83. The lowest BCUT2D eigenvalue weighted by Crippen LogP contribution is -2.16. The number of nitrogens with zero attached hydrogens (tertiary/aromatic N) is 1. The first-order valence-corrected chi connectivity index (χ1v) is 4.62. The predicted octanol–water partition coefficient (Wildman–Crippen LogP) is 1.42. The molecule has 0 spiro atoms. The number of carbonyl (C=O) groups is 1. The maximum atomic E-state index is 11.3. The molecule has 1 heterocycles. The standard InChI is InChI=1S/C11H11NO2/c1-2-14-11(13)10-9(12-10)8-6-4-3-5-7-8/h3-7,10H,2H2,1H3. The van der Waals surface area contributed by atoms with E-state index in [0.29, 0.717) is 6.61 Å². The summed E-state index contributed by atoms with van der Waals surface area (Å²) in [6.07, 6.45) is 0. The summed E-state index contributed by atoms with van der Waals surface area (Å²) in [6, 6.07) is 9.33. The van der Waals surface area contributed by atoms with E-state index in [0.717, 1.165) is 11.3 Å². The third-order valence-corrected chi connectivity index (χ3v) is 2.04. The van der Waals surface area contributed by atoms with Crippen LogP contribution in [0.15, 0.2) is 35.3 Å². The molecule has 0 N–H and O–H groups in total. The van der Waals surface area contributed by atoms with Crippen molar-refractivity contribution in [2.45, 2.75) is 13.0 Å². The van der Waals surface area contributed by atoms with Crippen LogP contribution in [0.3, 0.4) is 0 Å². The molecule has 0 bridgehead atoms. The average Bonchev–Trinajstić information content (AvgIpc) is 2.99. The minimum Gasteiger partial charge on any atom is -0.464 e. The van der Waals surface area contributed by atoms with Crippen LogP contribution >= 0.6 is 0 Å². The van der Waals surface area contributed by atoms with Crippen molar-refractivity contribution in [1.82, 2.24) is 0 Å². The van der Waals surface area contributed by atoms with Crippen LogP contribution in [0.4, 0.5) is 0 Å². The monoisotopic (exact) mass is 189 g/mol. The lowest BCUT2D eigenvalue weighted by molar-refractivity contribution is -0.142. The fourth-order valence-electron chi connectivity index (χ4n) is 1.33. The number of hydrogen-bond donors (Lipinski definition) is 0. The molecule has 0 fully saturated rings. The molecule has 14 heavy (non-hydrogen) atoms. The third kappa shape index (κ3) is 1.66. The van der Waals surface area contributed by atoms with E-state index in [-0.39, 0.29) is 12.0 Å². The van der Waals surface area contributed by atoms with Gasteiger partial charge < -0.3 is 4.74 Å². The van der Waals surface area contributed by atoms with Crippen molar-refractivity contribution in [1.29, 1.82) is 0 Å². The van der Waals surface area contributed by atoms with E-state index in [1.807, 2.05) is 30.3 Å². The zero-order valence-electron chi connectivity index (χ0n) is 7.93. The van der Waals surface area contributed by atoms with Crippen LogP contribution in [0.25, 0.3) is 0 Å². The second-order valence-corrected chi connectivity index (χ2v) is 3.03. The minimum absolute atomic E-state index is 0.244. The van der Waals surface area contributed by atoms with Crippen LogP contribution in [0.1, 0.15) is 12.5 Å². The van der Waals surface area contributed by atoms with Gasteiger partial charge in [0.2, 0.25) is 0 Å². The van der Waals surface area contributed by atoms with Gasteiger partial charge in [-0.25, -0.2) is 4.79 Å². The van der Waals surface area contributed by atoms with Crippen molar-refractivity contribution in [2.75, 3.05) is 6.61 Å². The van der Waals surface area contributed by atoms with Crippen molar-refractivity contribution in [3.8, 4) is 0 Å². The predicted molar refractivity (Wildman–Crippen MR) is 53.4 cm³/mol. The van der Waals surface area contributed by atoms with Crippen LogP contribution in [-0.4, -0.2) is 24.3 Å². The summed E-state index contributed by atoms with van der Waals surface area (Å²) in [5.41, 5.74) is 1.84. The van der Waals surface area contributed by atoms with Gasteiger partial charge in [-0.15, -0.1) is 0 Å². The molecule has 0 radical (unpaired) electrons. The Hall–Kier alpha value is -1.64. The van der Waals surface area contributed by atoms with Gasteiger partial charge in [0.05, 0.1) is 12.3 Å². The van der Waals surface area contributed by atoms with Gasteiger partial charge in [0.1, 0.15) is 0 Å². The van der Waals surface area contributed by atoms with Gasteiger partial charge in [0.15, 0.2) is 6.04 Å². The van der Waals surface area contributed by atoms with Crippen LogP contribution in [0.5, 0.6) is 0 Å². The Bertz CT molecular complexity index is 370. The highest BCUT2D eigenvalue weighted by Crippen LogP contribution is 2.20. The van der Waals surface area contributed by atoms with Gasteiger partial charge in [-0.05, 0) is 12.5 Å². The number of benzene rings is 1. The Labute approximate surface area is 82.4 Å². The lowest BCUT2D eigenvalue weighted by atomic mass is 10.1. The minimum atomic E-state index is -0.350. The molecule has 0 aliphatic carbocycles. The molecule has 1 unspecified atom stereocenters. The molecule has 1 aromatic rings. The summed E-state index contributed by atoms with van der Waals surface area (Å²) in [5, 5.41) is 0. The van der Waals surface area contributed by atoms with Gasteiger partial charge >= 0.3 is 5.97 Å². The van der Waals surface area contributed by atoms with E-state index in [1.165, 1.54) is 0 Å². The van der Waals surface area contributed by atoms with Crippen molar-refractivity contribution >= 4 is 11.7 Å². The van der Waals surface area contributed by atoms with Crippen molar-refractivity contribution in [2.24, 2.45) is 4.99 Å². The van der Waals surface area contributed by atoms with Crippen LogP contribution in [0.2, 0.25) is 0 Å². The Morgan fingerprint density at radius 2 is 2.14 bits per heavy atom. The second kappa shape index (κ2) is 3.62. The van der Waals surface area contributed by atoms with E-state index in [2.05, 4.69) is 4.99 Å². The highest BCUT2D eigenvalue weighted by Gasteiger charge is 2.36. The van der Waals surface area contributed by atoms with Gasteiger partial charge in [-0.2, -0.15) is 0 Å². The highest BCUT2D eigenvalue weighted by atomic mass is 16.5. The summed E-state index contributed by atoms with van der Waals surface area (Å²) in [4.78, 5) is 15.3. The molecule has 1 atom stereocenters.